The van der Waals surface area contributed by atoms with Gasteiger partial charge in [-0.05, 0) is 39.2 Å². The first kappa shape index (κ1) is 21.3. The van der Waals surface area contributed by atoms with Gasteiger partial charge >= 0.3 is 5.97 Å². The average molecular weight is 371 g/mol. The summed E-state index contributed by atoms with van der Waals surface area (Å²) in [6.45, 7) is 3.31. The largest absolute Gasteiger partial charge is 0.482 e. The molecule has 0 saturated carbocycles. The molecule has 0 aromatic heterocycles. The Morgan fingerprint density at radius 2 is 1.88 bits per heavy atom. The number of rotatable bonds is 10. The molecule has 25 heavy (non-hydrogen) atoms. The van der Waals surface area contributed by atoms with Crippen molar-refractivity contribution in [2.24, 2.45) is 5.92 Å². The Morgan fingerprint density at radius 1 is 1.20 bits per heavy atom. The van der Waals surface area contributed by atoms with Crippen molar-refractivity contribution in [3.05, 3.63) is 29.3 Å². The van der Waals surface area contributed by atoms with Gasteiger partial charge in [0.2, 0.25) is 0 Å². The van der Waals surface area contributed by atoms with E-state index >= 15 is 0 Å². The fourth-order valence-electron chi connectivity index (χ4n) is 2.29. The molecular weight excluding hydrogens is 344 g/mol. The third-order valence-electron chi connectivity index (χ3n) is 3.67. The highest BCUT2D eigenvalue weighted by atomic mass is 35.5. The van der Waals surface area contributed by atoms with Crippen molar-refractivity contribution < 1.29 is 19.1 Å². The second-order valence-corrected chi connectivity index (χ2v) is 6.55. The standard InChI is InChI=1S/C18H27ClN2O4/c1-14(18(23)24-4)12-21(11-7-10-20(2)3)17(22)13-25-16-9-6-5-8-15(16)19/h5-6,8-9,14H,7,10-13H2,1-4H3. The van der Waals surface area contributed by atoms with Crippen molar-refractivity contribution in [3.63, 3.8) is 0 Å². The molecule has 0 aliphatic rings. The first-order chi connectivity index (χ1) is 11.8. The maximum Gasteiger partial charge on any atom is 0.310 e. The number of benzene rings is 1. The van der Waals surface area contributed by atoms with Crippen molar-refractivity contribution in [1.82, 2.24) is 9.80 Å². The number of methoxy groups -OCH3 is 1. The molecule has 0 N–H and O–H groups in total. The van der Waals surface area contributed by atoms with Crippen molar-refractivity contribution in [1.29, 1.82) is 0 Å². The van der Waals surface area contributed by atoms with E-state index in [1.165, 1.54) is 7.11 Å². The molecule has 0 radical (unpaired) electrons. The first-order valence-electron chi connectivity index (χ1n) is 8.22. The van der Waals surface area contributed by atoms with Gasteiger partial charge in [0.1, 0.15) is 5.75 Å². The Balaban J connectivity index is 2.66. The number of carbonyl (C=O) groups is 2. The first-order valence-corrected chi connectivity index (χ1v) is 8.60. The predicted molar refractivity (Wildman–Crippen MR) is 97.9 cm³/mol. The Morgan fingerprint density at radius 3 is 2.48 bits per heavy atom. The molecule has 140 valence electrons. The van der Waals surface area contributed by atoms with Crippen molar-refractivity contribution in [3.8, 4) is 5.75 Å². The van der Waals surface area contributed by atoms with Crippen LogP contribution in [0, 0.1) is 5.92 Å². The molecule has 1 amide bonds. The molecule has 7 heteroatoms. The third kappa shape index (κ3) is 7.75. The van der Waals surface area contributed by atoms with Crippen LogP contribution in [0.5, 0.6) is 5.75 Å². The highest BCUT2D eigenvalue weighted by Gasteiger charge is 2.22. The minimum atomic E-state index is -0.395. The molecule has 1 aromatic carbocycles. The van der Waals surface area contributed by atoms with Crippen molar-refractivity contribution in [2.45, 2.75) is 13.3 Å². The average Bonchev–Trinajstić information content (AvgIpc) is 2.58. The van der Waals surface area contributed by atoms with E-state index in [2.05, 4.69) is 0 Å². The number of hydrogen-bond acceptors (Lipinski definition) is 5. The van der Waals surface area contributed by atoms with Gasteiger partial charge < -0.3 is 19.3 Å². The van der Waals surface area contributed by atoms with E-state index in [-0.39, 0.29) is 18.5 Å². The number of hydrogen-bond donors (Lipinski definition) is 0. The minimum Gasteiger partial charge on any atom is -0.482 e. The third-order valence-corrected chi connectivity index (χ3v) is 3.98. The molecule has 0 fully saturated rings. The number of halogens is 1. The zero-order valence-corrected chi connectivity index (χ0v) is 16.1. The van der Waals surface area contributed by atoms with Gasteiger partial charge in [-0.25, -0.2) is 0 Å². The van der Waals surface area contributed by atoms with Crippen LogP contribution in [0.25, 0.3) is 0 Å². The Labute approximate surface area is 154 Å². The monoisotopic (exact) mass is 370 g/mol. The van der Waals surface area contributed by atoms with Gasteiger partial charge in [-0.1, -0.05) is 30.7 Å². The second kappa shape index (κ2) is 10.9. The highest BCUT2D eigenvalue weighted by Crippen LogP contribution is 2.23. The lowest BCUT2D eigenvalue weighted by atomic mass is 10.1. The van der Waals surface area contributed by atoms with E-state index in [9.17, 15) is 9.59 Å². The number of nitrogens with zero attached hydrogens (tertiary/aromatic N) is 2. The van der Waals surface area contributed by atoms with Crippen molar-refractivity contribution in [2.75, 3.05) is 47.4 Å². The number of amides is 1. The number of carbonyl (C=O) groups excluding carboxylic acids is 2. The molecule has 0 aliphatic heterocycles. The van der Waals surface area contributed by atoms with E-state index in [0.717, 1.165) is 13.0 Å². The van der Waals surface area contributed by atoms with Crippen LogP contribution in [0.4, 0.5) is 0 Å². The van der Waals surface area contributed by atoms with Gasteiger partial charge in [0, 0.05) is 13.1 Å². The summed E-state index contributed by atoms with van der Waals surface area (Å²) in [5, 5.41) is 0.456. The normalized spacial score (nSPS) is 11.9. The lowest BCUT2D eigenvalue weighted by Gasteiger charge is -2.26. The molecule has 6 nitrogen and oxygen atoms in total. The summed E-state index contributed by atoms with van der Waals surface area (Å²) in [5.74, 6) is -0.452. The van der Waals surface area contributed by atoms with Crippen LogP contribution in [0.3, 0.4) is 0 Å². The van der Waals surface area contributed by atoms with Gasteiger partial charge in [-0.2, -0.15) is 0 Å². The summed E-state index contributed by atoms with van der Waals surface area (Å²) in [6.07, 6.45) is 0.804. The van der Waals surface area contributed by atoms with Gasteiger partial charge in [0.25, 0.3) is 5.91 Å². The molecule has 0 aliphatic carbocycles. The molecule has 0 spiro atoms. The van der Waals surface area contributed by atoms with Crippen LogP contribution >= 0.6 is 11.6 Å². The second-order valence-electron chi connectivity index (χ2n) is 6.14. The Bertz CT molecular complexity index is 566. The van der Waals surface area contributed by atoms with E-state index in [1.54, 1.807) is 36.1 Å². The van der Waals surface area contributed by atoms with Crippen LogP contribution in [0.1, 0.15) is 13.3 Å². The quantitative estimate of drug-likeness (QED) is 0.591. The van der Waals surface area contributed by atoms with E-state index in [4.69, 9.17) is 21.1 Å². The molecule has 1 unspecified atom stereocenters. The van der Waals surface area contributed by atoms with Crippen LogP contribution in [0.15, 0.2) is 24.3 Å². The predicted octanol–water partition coefficient (Wildman–Crippen LogP) is 2.31. The zero-order valence-electron chi connectivity index (χ0n) is 15.3. The molecule has 1 atom stereocenters. The SMILES string of the molecule is COC(=O)C(C)CN(CCCN(C)C)C(=O)COc1ccccc1Cl. The summed E-state index contributed by atoms with van der Waals surface area (Å²) in [5.41, 5.74) is 0. The fourth-order valence-corrected chi connectivity index (χ4v) is 2.48. The smallest absolute Gasteiger partial charge is 0.310 e. The zero-order chi connectivity index (χ0) is 18.8. The molecular formula is C18H27ClN2O4. The van der Waals surface area contributed by atoms with E-state index < -0.39 is 5.92 Å². The van der Waals surface area contributed by atoms with Gasteiger partial charge in [0.15, 0.2) is 6.61 Å². The molecule has 0 saturated heterocycles. The highest BCUT2D eigenvalue weighted by molar-refractivity contribution is 6.32. The van der Waals surface area contributed by atoms with Gasteiger partial charge in [-0.15, -0.1) is 0 Å². The van der Waals surface area contributed by atoms with Crippen LogP contribution in [-0.2, 0) is 14.3 Å². The molecule has 1 aromatic rings. The summed E-state index contributed by atoms with van der Waals surface area (Å²) in [6, 6.07) is 7.00. The van der Waals surface area contributed by atoms with Gasteiger partial charge in [0.05, 0.1) is 18.1 Å². The molecule has 0 heterocycles. The number of para-hydroxylation sites is 1. The molecule has 1 rings (SSSR count). The van der Waals surface area contributed by atoms with Gasteiger partial charge in [-0.3, -0.25) is 9.59 Å². The summed E-state index contributed by atoms with van der Waals surface area (Å²) in [4.78, 5) is 27.9. The maximum atomic E-state index is 12.5. The number of esters is 1. The van der Waals surface area contributed by atoms with Crippen molar-refractivity contribution >= 4 is 23.5 Å². The van der Waals surface area contributed by atoms with E-state index in [0.29, 0.717) is 23.9 Å². The molecule has 0 bridgehead atoms. The fraction of sp³-hybridized carbons (Fsp3) is 0.556. The maximum absolute atomic E-state index is 12.5. The minimum absolute atomic E-state index is 0.125. The van der Waals surface area contributed by atoms with Crippen LogP contribution in [0.2, 0.25) is 5.02 Å². The number of ether oxygens (including phenoxy) is 2. The summed E-state index contributed by atoms with van der Waals surface area (Å²) < 4.78 is 10.3. The van der Waals surface area contributed by atoms with Crippen LogP contribution in [-0.4, -0.2) is 69.1 Å². The topological polar surface area (TPSA) is 59.1 Å². The Kier molecular flexibility index (Phi) is 9.31. The lowest BCUT2D eigenvalue weighted by molar-refractivity contribution is -0.146. The lowest BCUT2D eigenvalue weighted by Crippen LogP contribution is -2.41. The van der Waals surface area contributed by atoms with E-state index in [1.807, 2.05) is 19.0 Å². The summed E-state index contributed by atoms with van der Waals surface area (Å²) in [7, 11) is 5.30. The van der Waals surface area contributed by atoms with Crippen LogP contribution < -0.4 is 4.74 Å². The summed E-state index contributed by atoms with van der Waals surface area (Å²) >= 11 is 6.03. The Hall–Kier alpha value is -1.79.